The fourth-order valence-electron chi connectivity index (χ4n) is 1.17. The Kier molecular flexibility index (Phi) is 3.46. The summed E-state index contributed by atoms with van der Waals surface area (Å²) >= 11 is 0. The zero-order valence-electron chi connectivity index (χ0n) is 8.02. The van der Waals surface area contributed by atoms with Gasteiger partial charge in [-0.15, -0.1) is 0 Å². The largest absolute Gasteiger partial charge is 0.198 e. The van der Waals surface area contributed by atoms with E-state index in [1.807, 2.05) is 0 Å². The predicted molar refractivity (Wildman–Crippen MR) is 52.1 cm³/mol. The van der Waals surface area contributed by atoms with Crippen molar-refractivity contribution < 1.29 is 0 Å². The molecule has 1 rings (SSSR count). The first-order valence-electron chi connectivity index (χ1n) is 4.46. The normalized spacial score (nSPS) is 11.0. The summed E-state index contributed by atoms with van der Waals surface area (Å²) in [6.07, 6.45) is 3.52. The number of aryl methyl sites for hydroxylation is 1. The lowest BCUT2D eigenvalue weighted by Crippen LogP contribution is -2.27. The minimum Gasteiger partial charge on any atom is -0.198 e. The minimum atomic E-state index is -0.434. The molecule has 0 spiro atoms. The molecular formula is C8H16N3Si. The number of aromatic nitrogens is 3. The van der Waals surface area contributed by atoms with Gasteiger partial charge in [0.05, 0.1) is 11.0 Å². The summed E-state index contributed by atoms with van der Waals surface area (Å²) in [7, 11) is -0.434. The van der Waals surface area contributed by atoms with E-state index in [1.54, 1.807) is 0 Å². The van der Waals surface area contributed by atoms with Gasteiger partial charge in [0.1, 0.15) is 8.80 Å². The van der Waals surface area contributed by atoms with Crippen molar-refractivity contribution >= 4 is 14.1 Å². The summed E-state index contributed by atoms with van der Waals surface area (Å²) in [4.78, 5) is 0. The smallest absolute Gasteiger partial charge is 0.109 e. The molecule has 3 nitrogen and oxygen atoms in total. The molecule has 0 aromatic carbocycles. The highest BCUT2D eigenvalue weighted by molar-refractivity contribution is 6.70. The molecule has 1 radical (unpaired) electrons. The molecule has 0 amide bonds. The molecule has 0 fully saturated rings. The van der Waals surface area contributed by atoms with E-state index < -0.39 is 8.80 Å². The van der Waals surface area contributed by atoms with Gasteiger partial charge in [0.2, 0.25) is 0 Å². The van der Waals surface area contributed by atoms with Gasteiger partial charge in [0.25, 0.3) is 0 Å². The fraction of sp³-hybridized carbons (Fsp3) is 0.750. The fourth-order valence-corrected chi connectivity index (χ4v) is 2.20. The molecule has 0 saturated heterocycles. The number of H-pyrrole nitrogens is 1. The van der Waals surface area contributed by atoms with Gasteiger partial charge in [-0.1, -0.05) is 26.4 Å². The van der Waals surface area contributed by atoms with Gasteiger partial charge in [-0.25, -0.2) is 0 Å². The van der Waals surface area contributed by atoms with Crippen molar-refractivity contribution in [2.24, 2.45) is 0 Å². The predicted octanol–water partition coefficient (Wildman–Crippen LogP) is 1.11. The summed E-state index contributed by atoms with van der Waals surface area (Å²) in [6, 6.07) is 0. The van der Waals surface area contributed by atoms with Crippen LogP contribution in [0.25, 0.3) is 0 Å². The quantitative estimate of drug-likeness (QED) is 0.709. The number of aromatic amines is 1. The first-order valence-corrected chi connectivity index (χ1v) is 6.96. The first kappa shape index (κ1) is 9.44. The van der Waals surface area contributed by atoms with Crippen molar-refractivity contribution in [1.82, 2.24) is 15.4 Å². The molecule has 0 unspecified atom stereocenters. The van der Waals surface area contributed by atoms with Crippen LogP contribution in [-0.2, 0) is 6.42 Å². The van der Waals surface area contributed by atoms with Crippen molar-refractivity contribution in [2.45, 2.75) is 39.3 Å². The van der Waals surface area contributed by atoms with Gasteiger partial charge in [-0.3, -0.25) is 0 Å². The number of hydrogen-bond donors (Lipinski definition) is 1. The van der Waals surface area contributed by atoms with Gasteiger partial charge >= 0.3 is 0 Å². The highest BCUT2D eigenvalue weighted by Crippen LogP contribution is 1.98. The Hall–Kier alpha value is -0.643. The van der Waals surface area contributed by atoms with Crippen molar-refractivity contribution in [3.8, 4) is 0 Å². The SMILES string of the molecule is CCCCc1n[nH]nc1[Si](C)C. The molecule has 1 aromatic rings. The number of hydrogen-bond acceptors (Lipinski definition) is 2. The van der Waals surface area contributed by atoms with E-state index in [0.717, 1.165) is 6.42 Å². The van der Waals surface area contributed by atoms with E-state index >= 15 is 0 Å². The zero-order chi connectivity index (χ0) is 8.97. The highest BCUT2D eigenvalue weighted by Gasteiger charge is 2.11. The van der Waals surface area contributed by atoms with E-state index in [9.17, 15) is 0 Å². The van der Waals surface area contributed by atoms with Crippen molar-refractivity contribution in [3.05, 3.63) is 5.69 Å². The Labute approximate surface area is 75.2 Å². The second-order valence-electron chi connectivity index (χ2n) is 3.22. The Balaban J connectivity index is 2.64. The third kappa shape index (κ3) is 2.17. The molecule has 1 aromatic heterocycles. The lowest BCUT2D eigenvalue weighted by Gasteiger charge is -2.00. The molecule has 0 aliphatic rings. The van der Waals surface area contributed by atoms with E-state index in [2.05, 4.69) is 35.4 Å². The Morgan fingerprint density at radius 1 is 1.33 bits per heavy atom. The molecule has 0 aliphatic carbocycles. The van der Waals surface area contributed by atoms with Crippen molar-refractivity contribution in [2.75, 3.05) is 0 Å². The maximum absolute atomic E-state index is 4.18. The summed E-state index contributed by atoms with van der Waals surface area (Å²) in [5.74, 6) is 0. The van der Waals surface area contributed by atoms with Crippen LogP contribution in [0, 0.1) is 0 Å². The van der Waals surface area contributed by atoms with E-state index in [1.165, 1.54) is 23.9 Å². The number of nitrogens with zero attached hydrogens (tertiary/aromatic N) is 2. The van der Waals surface area contributed by atoms with Crippen LogP contribution in [0.3, 0.4) is 0 Å². The van der Waals surface area contributed by atoms with Crippen LogP contribution < -0.4 is 5.32 Å². The summed E-state index contributed by atoms with van der Waals surface area (Å²) in [5, 5.41) is 12.3. The lowest BCUT2D eigenvalue weighted by molar-refractivity contribution is 0.771. The molecule has 0 aliphatic heterocycles. The number of unbranched alkanes of at least 4 members (excludes halogenated alkanes) is 1. The third-order valence-electron chi connectivity index (χ3n) is 1.86. The summed E-state index contributed by atoms with van der Waals surface area (Å²) in [6.45, 7) is 6.69. The molecule has 1 heterocycles. The van der Waals surface area contributed by atoms with Gasteiger partial charge in [0.15, 0.2) is 0 Å². The average molecular weight is 182 g/mol. The summed E-state index contributed by atoms with van der Waals surface area (Å²) < 4.78 is 0. The molecular weight excluding hydrogens is 166 g/mol. The molecule has 67 valence electrons. The minimum absolute atomic E-state index is 0.434. The Morgan fingerprint density at radius 3 is 2.67 bits per heavy atom. The zero-order valence-corrected chi connectivity index (χ0v) is 9.02. The second kappa shape index (κ2) is 4.40. The van der Waals surface area contributed by atoms with Gasteiger partial charge in [-0.05, 0) is 12.8 Å². The van der Waals surface area contributed by atoms with Gasteiger partial charge < -0.3 is 0 Å². The van der Waals surface area contributed by atoms with Crippen molar-refractivity contribution in [1.29, 1.82) is 0 Å². The van der Waals surface area contributed by atoms with E-state index in [-0.39, 0.29) is 0 Å². The Bertz CT molecular complexity index is 232. The molecule has 12 heavy (non-hydrogen) atoms. The molecule has 0 bridgehead atoms. The van der Waals surface area contributed by atoms with Crippen LogP contribution in [0.4, 0.5) is 0 Å². The lowest BCUT2D eigenvalue weighted by atomic mass is 10.2. The van der Waals surface area contributed by atoms with Crippen molar-refractivity contribution in [3.63, 3.8) is 0 Å². The van der Waals surface area contributed by atoms with Gasteiger partial charge in [0, 0.05) is 0 Å². The maximum atomic E-state index is 4.18. The van der Waals surface area contributed by atoms with Crippen LogP contribution in [0.1, 0.15) is 25.5 Å². The van der Waals surface area contributed by atoms with E-state index in [4.69, 9.17) is 0 Å². The van der Waals surface area contributed by atoms with E-state index in [0.29, 0.717) is 0 Å². The maximum Gasteiger partial charge on any atom is 0.109 e. The molecule has 0 saturated carbocycles. The first-order chi connectivity index (χ1) is 5.75. The van der Waals surface area contributed by atoms with Crippen LogP contribution in [-0.4, -0.2) is 24.2 Å². The van der Waals surface area contributed by atoms with Gasteiger partial charge in [-0.2, -0.15) is 15.4 Å². The average Bonchev–Trinajstić information content (AvgIpc) is 2.48. The van der Waals surface area contributed by atoms with Crippen LogP contribution in [0.5, 0.6) is 0 Å². The Morgan fingerprint density at radius 2 is 2.08 bits per heavy atom. The molecule has 1 N–H and O–H groups in total. The highest BCUT2D eigenvalue weighted by atomic mass is 28.3. The monoisotopic (exact) mass is 182 g/mol. The van der Waals surface area contributed by atoms with Crippen LogP contribution in [0.15, 0.2) is 0 Å². The van der Waals surface area contributed by atoms with Crippen LogP contribution in [0.2, 0.25) is 13.1 Å². The standard InChI is InChI=1S/C8H16N3Si/c1-4-5-6-7-8(12(2)3)10-11-9-7/h4-6H2,1-3H3,(H,9,10,11). The van der Waals surface area contributed by atoms with Crippen LogP contribution >= 0.6 is 0 Å². The molecule has 0 atom stereocenters. The second-order valence-corrected chi connectivity index (χ2v) is 5.70. The number of rotatable bonds is 4. The third-order valence-corrected chi connectivity index (χ3v) is 3.21. The number of nitrogens with one attached hydrogen (secondary N) is 1. The molecule has 4 heteroatoms. The topological polar surface area (TPSA) is 41.6 Å². The summed E-state index contributed by atoms with van der Waals surface area (Å²) in [5.41, 5.74) is 1.19.